The van der Waals surface area contributed by atoms with Crippen molar-refractivity contribution in [2.75, 3.05) is 26.2 Å². The summed E-state index contributed by atoms with van der Waals surface area (Å²) in [5.41, 5.74) is 1.44. The molecule has 3 aromatic carbocycles. The van der Waals surface area contributed by atoms with Crippen molar-refractivity contribution in [3.63, 3.8) is 0 Å². The molecule has 2 aliphatic rings. The first kappa shape index (κ1) is 30.0. The molecular formula is C31H31ClN4O7. The zero-order valence-corrected chi connectivity index (χ0v) is 24.2. The molecule has 2 heterocycles. The number of halogens is 1. The number of carbonyl (C=O) groups is 5. The Morgan fingerprint density at radius 1 is 1.00 bits per heavy atom. The number of aryl methyl sites for hydroxylation is 1. The molecule has 12 heteroatoms. The van der Waals surface area contributed by atoms with Crippen LogP contribution in [0, 0.1) is 6.92 Å². The summed E-state index contributed by atoms with van der Waals surface area (Å²) in [4.78, 5) is 67.9. The average molecular weight is 607 g/mol. The van der Waals surface area contributed by atoms with E-state index >= 15 is 0 Å². The summed E-state index contributed by atoms with van der Waals surface area (Å²) in [5, 5.41) is 17.4. The number of ether oxygens (including phenoxy) is 1. The lowest BCUT2D eigenvalue weighted by molar-refractivity contribution is -0.155. The molecule has 3 atom stereocenters. The monoisotopic (exact) mass is 606 g/mol. The maximum atomic E-state index is 13.8. The number of carbonyl (C=O) groups excluding carboxylic acids is 5. The molecule has 5 rings (SSSR count). The number of aliphatic hydroxyl groups excluding tert-OH is 1. The second-order valence-corrected chi connectivity index (χ2v) is 11.1. The van der Waals surface area contributed by atoms with Crippen molar-refractivity contribution in [3.05, 3.63) is 82.4 Å². The van der Waals surface area contributed by atoms with Gasteiger partial charge in [-0.1, -0.05) is 48.0 Å². The van der Waals surface area contributed by atoms with Gasteiger partial charge >= 0.3 is 5.97 Å². The fourth-order valence-corrected chi connectivity index (χ4v) is 5.45. The average Bonchev–Trinajstić information content (AvgIpc) is 3.30. The van der Waals surface area contributed by atoms with E-state index in [-0.39, 0.29) is 38.5 Å². The summed E-state index contributed by atoms with van der Waals surface area (Å²) in [6.07, 6.45) is -1.29. The number of benzene rings is 3. The largest absolute Gasteiger partial charge is 0.434 e. The summed E-state index contributed by atoms with van der Waals surface area (Å²) < 4.78 is 4.67. The van der Waals surface area contributed by atoms with Crippen LogP contribution in [0.15, 0.2) is 60.7 Å². The normalized spacial score (nSPS) is 20.8. The van der Waals surface area contributed by atoms with Gasteiger partial charge in [0.05, 0.1) is 19.5 Å². The van der Waals surface area contributed by atoms with E-state index in [1.165, 1.54) is 9.80 Å². The van der Waals surface area contributed by atoms with Crippen molar-refractivity contribution in [2.45, 2.75) is 38.1 Å². The van der Waals surface area contributed by atoms with Crippen LogP contribution in [-0.4, -0.2) is 89.1 Å². The minimum atomic E-state index is -1.47. The minimum absolute atomic E-state index is 0.121. The quantitative estimate of drug-likeness (QED) is 0.364. The topological polar surface area (TPSA) is 145 Å². The van der Waals surface area contributed by atoms with Crippen molar-refractivity contribution < 1.29 is 33.8 Å². The molecule has 0 aliphatic carbocycles. The van der Waals surface area contributed by atoms with Gasteiger partial charge in [-0.15, -0.1) is 0 Å². The Labute approximate surface area is 252 Å². The molecule has 2 aliphatic heterocycles. The van der Waals surface area contributed by atoms with Gasteiger partial charge in [0.1, 0.15) is 12.1 Å². The highest BCUT2D eigenvalue weighted by Gasteiger charge is 2.37. The zero-order valence-electron chi connectivity index (χ0n) is 23.4. The first-order valence-electron chi connectivity index (χ1n) is 13.9. The molecule has 3 aromatic rings. The number of hydrogen-bond donors (Lipinski definition) is 3. The van der Waals surface area contributed by atoms with Crippen LogP contribution >= 0.6 is 11.6 Å². The van der Waals surface area contributed by atoms with Crippen LogP contribution in [0.3, 0.4) is 0 Å². The number of hydrogen-bond acceptors (Lipinski definition) is 7. The van der Waals surface area contributed by atoms with E-state index < -0.39 is 42.1 Å². The number of amides is 4. The lowest BCUT2D eigenvalue weighted by Gasteiger charge is -2.35. The Morgan fingerprint density at radius 3 is 2.51 bits per heavy atom. The second kappa shape index (κ2) is 12.8. The molecule has 2 fully saturated rings. The smallest absolute Gasteiger partial charge is 0.310 e. The molecular weight excluding hydrogens is 576 g/mol. The Kier molecular flexibility index (Phi) is 8.93. The molecule has 224 valence electrons. The number of aliphatic hydroxyl groups is 1. The van der Waals surface area contributed by atoms with E-state index in [2.05, 4.69) is 15.4 Å². The first-order valence-corrected chi connectivity index (χ1v) is 14.3. The Balaban J connectivity index is 1.37. The number of fused-ring (bicyclic) bond motifs is 1. The molecule has 4 amide bonds. The van der Waals surface area contributed by atoms with Crippen LogP contribution in [0.25, 0.3) is 10.8 Å². The van der Waals surface area contributed by atoms with Gasteiger partial charge in [-0.2, -0.15) is 0 Å². The highest BCUT2D eigenvalue weighted by Crippen LogP contribution is 2.20. The van der Waals surface area contributed by atoms with Crippen LogP contribution < -0.4 is 10.6 Å². The molecule has 11 nitrogen and oxygen atoms in total. The third kappa shape index (κ3) is 6.95. The third-order valence-corrected chi connectivity index (χ3v) is 7.80. The van der Waals surface area contributed by atoms with E-state index in [0.717, 1.165) is 16.3 Å². The predicted octanol–water partition coefficient (Wildman–Crippen LogP) is 2.02. The fourth-order valence-electron chi connectivity index (χ4n) is 5.28. The van der Waals surface area contributed by atoms with Crippen LogP contribution in [-0.2, 0) is 19.1 Å². The van der Waals surface area contributed by atoms with Crippen LogP contribution in [0.1, 0.15) is 39.1 Å². The van der Waals surface area contributed by atoms with Crippen LogP contribution in [0.2, 0.25) is 5.02 Å². The van der Waals surface area contributed by atoms with Gasteiger partial charge in [0.25, 0.3) is 11.8 Å². The van der Waals surface area contributed by atoms with E-state index in [9.17, 15) is 29.1 Å². The SMILES string of the molecule is Cc1ccc(Cl)cc1C(=O)N1CCCN(CC(=O)N[C@H]2CC(=O)OC2O)C(=O)[C@@H](NC(=O)c2ccc3ccccc3c2)C1. The molecule has 1 unspecified atom stereocenters. The van der Waals surface area contributed by atoms with Gasteiger partial charge in [0.2, 0.25) is 18.1 Å². The van der Waals surface area contributed by atoms with Crippen molar-refractivity contribution in [1.29, 1.82) is 0 Å². The van der Waals surface area contributed by atoms with Crippen LogP contribution in [0.5, 0.6) is 0 Å². The molecule has 3 N–H and O–H groups in total. The van der Waals surface area contributed by atoms with E-state index in [1.807, 2.05) is 30.3 Å². The van der Waals surface area contributed by atoms with Gasteiger partial charge in [-0.25, -0.2) is 0 Å². The lowest BCUT2D eigenvalue weighted by Crippen LogP contribution is -2.58. The molecule has 0 spiro atoms. The number of nitrogens with zero attached hydrogens (tertiary/aromatic N) is 2. The first-order chi connectivity index (χ1) is 20.6. The van der Waals surface area contributed by atoms with Crippen molar-refractivity contribution in [2.24, 2.45) is 0 Å². The Morgan fingerprint density at radius 2 is 1.77 bits per heavy atom. The molecule has 0 radical (unpaired) electrons. The Hall–Kier alpha value is -4.48. The molecule has 43 heavy (non-hydrogen) atoms. The maximum Gasteiger partial charge on any atom is 0.310 e. The fraction of sp³-hybridized carbons (Fsp3) is 0.323. The number of nitrogens with one attached hydrogen (secondary N) is 2. The van der Waals surface area contributed by atoms with Crippen molar-refractivity contribution in [1.82, 2.24) is 20.4 Å². The highest BCUT2D eigenvalue weighted by molar-refractivity contribution is 6.31. The van der Waals surface area contributed by atoms with E-state index in [0.29, 0.717) is 22.6 Å². The third-order valence-electron chi connectivity index (χ3n) is 7.57. The molecule has 0 saturated carbocycles. The molecule has 0 aromatic heterocycles. The predicted molar refractivity (Wildman–Crippen MR) is 157 cm³/mol. The Bertz CT molecular complexity index is 1600. The summed E-state index contributed by atoms with van der Waals surface area (Å²) in [6.45, 7) is 1.65. The minimum Gasteiger partial charge on any atom is -0.434 e. The second-order valence-electron chi connectivity index (χ2n) is 10.7. The van der Waals surface area contributed by atoms with Gasteiger partial charge in [-0.05, 0) is 53.9 Å². The number of rotatable bonds is 6. The van der Waals surface area contributed by atoms with E-state index in [1.54, 1.807) is 37.3 Å². The van der Waals surface area contributed by atoms with Crippen molar-refractivity contribution >= 4 is 52.0 Å². The zero-order chi connectivity index (χ0) is 30.7. The lowest BCUT2D eigenvalue weighted by atomic mass is 10.0. The van der Waals surface area contributed by atoms with Gasteiger partial charge in [0.15, 0.2) is 0 Å². The number of esters is 1. The summed E-state index contributed by atoms with van der Waals surface area (Å²) in [7, 11) is 0. The summed E-state index contributed by atoms with van der Waals surface area (Å²) >= 11 is 6.16. The highest BCUT2D eigenvalue weighted by atomic mass is 35.5. The summed E-state index contributed by atoms with van der Waals surface area (Å²) in [5.74, 6) is -2.63. The standard InChI is InChI=1S/C31H31ClN4O7/c1-18-7-10-22(32)14-23(18)29(40)35-11-4-12-36(17-26(37)33-24-15-27(38)43-31(24)42)30(41)25(16-35)34-28(39)21-9-8-19-5-2-3-6-20(19)13-21/h2-3,5-10,13-14,24-25,31,42H,4,11-12,15-17H2,1H3,(H,33,37)(H,34,39)/t24-,25-,31?/m0/s1. The van der Waals surface area contributed by atoms with Crippen molar-refractivity contribution in [3.8, 4) is 0 Å². The summed E-state index contributed by atoms with van der Waals surface area (Å²) in [6, 6.07) is 15.6. The molecule has 0 bridgehead atoms. The van der Waals surface area contributed by atoms with Gasteiger partial charge in [0, 0.05) is 29.2 Å². The van der Waals surface area contributed by atoms with Crippen LogP contribution in [0.4, 0.5) is 0 Å². The van der Waals surface area contributed by atoms with Gasteiger partial charge < -0.3 is 30.3 Å². The van der Waals surface area contributed by atoms with E-state index in [4.69, 9.17) is 11.6 Å². The van der Waals surface area contributed by atoms with Gasteiger partial charge in [-0.3, -0.25) is 24.0 Å². The molecule has 2 saturated heterocycles. The maximum absolute atomic E-state index is 13.8. The number of cyclic esters (lactones) is 1.